The Labute approximate surface area is 115 Å². The maximum Gasteiger partial charge on any atom is 0.227 e. The van der Waals surface area contributed by atoms with Crippen molar-refractivity contribution in [3.05, 3.63) is 29.8 Å². The highest BCUT2D eigenvalue weighted by Crippen LogP contribution is 2.22. The molecule has 3 heteroatoms. The summed E-state index contributed by atoms with van der Waals surface area (Å²) in [6, 6.07) is 7.49. The standard InChI is InChI=1S/C16H23NO2/c1-2-14-9-4-3-7-11-17(14)16(19)12-13-8-5-6-10-15(13)18/h5-6,8,10,14,18H,2-4,7,9,11-12H2,1H3. The fraction of sp³-hybridized carbons (Fsp3) is 0.562. The third-order valence-corrected chi connectivity index (χ3v) is 4.00. The Bertz CT molecular complexity index is 431. The van der Waals surface area contributed by atoms with Crippen LogP contribution in [0.4, 0.5) is 0 Å². The van der Waals surface area contributed by atoms with Gasteiger partial charge in [0.1, 0.15) is 5.75 Å². The van der Waals surface area contributed by atoms with Crippen molar-refractivity contribution < 1.29 is 9.90 Å². The minimum atomic E-state index is 0.148. The number of hydrogen-bond donors (Lipinski definition) is 1. The van der Waals surface area contributed by atoms with Gasteiger partial charge in [0.2, 0.25) is 5.91 Å². The molecular formula is C16H23NO2. The first-order valence-corrected chi connectivity index (χ1v) is 7.28. The van der Waals surface area contributed by atoms with Crippen LogP contribution in [-0.4, -0.2) is 28.5 Å². The third kappa shape index (κ3) is 3.49. The maximum absolute atomic E-state index is 12.5. The van der Waals surface area contributed by atoms with Gasteiger partial charge in [-0.3, -0.25) is 4.79 Å². The maximum atomic E-state index is 12.5. The molecule has 1 aliphatic heterocycles. The zero-order valence-corrected chi connectivity index (χ0v) is 11.6. The molecule has 1 fully saturated rings. The van der Waals surface area contributed by atoms with Gasteiger partial charge in [-0.1, -0.05) is 38.0 Å². The SMILES string of the molecule is CCC1CCCCCN1C(=O)Cc1ccccc1O. The number of amides is 1. The second-order valence-corrected chi connectivity index (χ2v) is 5.30. The van der Waals surface area contributed by atoms with E-state index >= 15 is 0 Å². The molecule has 0 aliphatic carbocycles. The van der Waals surface area contributed by atoms with Gasteiger partial charge in [-0.05, 0) is 25.3 Å². The fourth-order valence-corrected chi connectivity index (χ4v) is 2.85. The van der Waals surface area contributed by atoms with E-state index in [1.165, 1.54) is 12.8 Å². The first kappa shape index (κ1) is 13.9. The van der Waals surface area contributed by atoms with Gasteiger partial charge >= 0.3 is 0 Å². The number of carbonyl (C=O) groups is 1. The van der Waals surface area contributed by atoms with Crippen LogP contribution in [0, 0.1) is 0 Å². The van der Waals surface area contributed by atoms with E-state index in [-0.39, 0.29) is 11.7 Å². The normalized spacial score (nSPS) is 20.1. The number of phenolic OH excluding ortho intramolecular Hbond substituents is 1. The number of aromatic hydroxyl groups is 1. The van der Waals surface area contributed by atoms with Gasteiger partial charge in [0.05, 0.1) is 6.42 Å². The van der Waals surface area contributed by atoms with Crippen LogP contribution in [0.1, 0.15) is 44.6 Å². The number of para-hydroxylation sites is 1. The van der Waals surface area contributed by atoms with E-state index in [2.05, 4.69) is 6.92 Å². The number of likely N-dealkylation sites (tertiary alicyclic amines) is 1. The van der Waals surface area contributed by atoms with Gasteiger partial charge in [-0.15, -0.1) is 0 Å². The number of rotatable bonds is 3. The van der Waals surface area contributed by atoms with Gasteiger partial charge < -0.3 is 10.0 Å². The summed E-state index contributed by atoms with van der Waals surface area (Å²) in [5.74, 6) is 0.369. The molecule has 1 aromatic rings. The van der Waals surface area contributed by atoms with Crippen molar-refractivity contribution in [2.45, 2.75) is 51.5 Å². The van der Waals surface area contributed by atoms with Crippen LogP contribution in [0.3, 0.4) is 0 Å². The van der Waals surface area contributed by atoms with Crippen molar-refractivity contribution in [3.63, 3.8) is 0 Å². The average molecular weight is 261 g/mol. The lowest BCUT2D eigenvalue weighted by molar-refractivity contribution is -0.132. The Morgan fingerprint density at radius 1 is 1.32 bits per heavy atom. The molecule has 0 radical (unpaired) electrons. The summed E-state index contributed by atoms with van der Waals surface area (Å²) in [5, 5.41) is 9.77. The van der Waals surface area contributed by atoms with Crippen LogP contribution < -0.4 is 0 Å². The van der Waals surface area contributed by atoms with E-state index in [0.717, 1.165) is 31.4 Å². The molecule has 1 amide bonds. The van der Waals surface area contributed by atoms with Crippen LogP contribution in [0.15, 0.2) is 24.3 Å². The van der Waals surface area contributed by atoms with Crippen molar-refractivity contribution in [1.82, 2.24) is 4.90 Å². The Balaban J connectivity index is 2.07. The Hall–Kier alpha value is -1.51. The van der Waals surface area contributed by atoms with E-state index in [1.54, 1.807) is 12.1 Å². The molecular weight excluding hydrogens is 238 g/mol. The molecule has 1 heterocycles. The quantitative estimate of drug-likeness (QED) is 0.908. The first-order chi connectivity index (χ1) is 9.22. The summed E-state index contributed by atoms with van der Waals surface area (Å²) in [6.07, 6.45) is 5.98. The summed E-state index contributed by atoms with van der Waals surface area (Å²) in [5.41, 5.74) is 0.728. The molecule has 1 aliphatic rings. The lowest BCUT2D eigenvalue weighted by Gasteiger charge is -2.29. The zero-order chi connectivity index (χ0) is 13.7. The molecule has 0 spiro atoms. The predicted octanol–water partition coefficient (Wildman–Crippen LogP) is 3.12. The van der Waals surface area contributed by atoms with Crippen LogP contribution >= 0.6 is 0 Å². The number of carbonyl (C=O) groups excluding carboxylic acids is 1. The molecule has 2 rings (SSSR count). The monoisotopic (exact) mass is 261 g/mol. The molecule has 1 unspecified atom stereocenters. The van der Waals surface area contributed by atoms with E-state index in [4.69, 9.17) is 0 Å². The number of phenols is 1. The molecule has 19 heavy (non-hydrogen) atoms. The van der Waals surface area contributed by atoms with Crippen molar-refractivity contribution in [2.24, 2.45) is 0 Å². The second kappa shape index (κ2) is 6.60. The van der Waals surface area contributed by atoms with E-state index in [1.807, 2.05) is 17.0 Å². The smallest absolute Gasteiger partial charge is 0.227 e. The van der Waals surface area contributed by atoms with Gasteiger partial charge in [-0.2, -0.15) is 0 Å². The molecule has 0 saturated carbocycles. The average Bonchev–Trinajstić information content (AvgIpc) is 2.66. The number of nitrogens with zero attached hydrogens (tertiary/aromatic N) is 1. The summed E-state index contributed by atoms with van der Waals surface area (Å²) in [6.45, 7) is 3.02. The fourth-order valence-electron chi connectivity index (χ4n) is 2.85. The predicted molar refractivity (Wildman–Crippen MR) is 76.1 cm³/mol. The number of hydrogen-bond acceptors (Lipinski definition) is 2. The topological polar surface area (TPSA) is 40.5 Å². The van der Waals surface area contributed by atoms with E-state index in [9.17, 15) is 9.90 Å². The van der Waals surface area contributed by atoms with Crippen LogP contribution in [0.5, 0.6) is 5.75 Å². The molecule has 0 aromatic heterocycles. The second-order valence-electron chi connectivity index (χ2n) is 5.30. The minimum Gasteiger partial charge on any atom is -0.508 e. The van der Waals surface area contributed by atoms with Crippen LogP contribution in [0.2, 0.25) is 0 Å². The molecule has 1 aromatic carbocycles. The highest BCUT2D eigenvalue weighted by atomic mass is 16.3. The van der Waals surface area contributed by atoms with Crippen molar-refractivity contribution in [2.75, 3.05) is 6.54 Å². The van der Waals surface area contributed by atoms with Gasteiger partial charge in [0, 0.05) is 18.2 Å². The summed E-state index contributed by atoms with van der Waals surface area (Å²) in [4.78, 5) is 14.5. The highest BCUT2D eigenvalue weighted by Gasteiger charge is 2.24. The highest BCUT2D eigenvalue weighted by molar-refractivity contribution is 5.79. The zero-order valence-electron chi connectivity index (χ0n) is 11.6. The molecule has 0 bridgehead atoms. The summed E-state index contributed by atoms with van der Waals surface area (Å²) in [7, 11) is 0. The Kier molecular flexibility index (Phi) is 4.83. The summed E-state index contributed by atoms with van der Waals surface area (Å²) < 4.78 is 0. The Morgan fingerprint density at radius 2 is 2.11 bits per heavy atom. The summed E-state index contributed by atoms with van der Waals surface area (Å²) >= 11 is 0. The van der Waals surface area contributed by atoms with E-state index < -0.39 is 0 Å². The van der Waals surface area contributed by atoms with E-state index in [0.29, 0.717) is 12.5 Å². The Morgan fingerprint density at radius 3 is 2.84 bits per heavy atom. The third-order valence-electron chi connectivity index (χ3n) is 4.00. The number of benzene rings is 1. The van der Waals surface area contributed by atoms with Crippen molar-refractivity contribution >= 4 is 5.91 Å². The lowest BCUT2D eigenvalue weighted by Crippen LogP contribution is -2.40. The van der Waals surface area contributed by atoms with Gasteiger partial charge in [-0.25, -0.2) is 0 Å². The minimum absolute atomic E-state index is 0.148. The molecule has 104 valence electrons. The molecule has 1 saturated heterocycles. The van der Waals surface area contributed by atoms with Gasteiger partial charge in [0.25, 0.3) is 0 Å². The van der Waals surface area contributed by atoms with Crippen LogP contribution in [-0.2, 0) is 11.2 Å². The first-order valence-electron chi connectivity index (χ1n) is 7.28. The van der Waals surface area contributed by atoms with Crippen molar-refractivity contribution in [3.8, 4) is 5.75 Å². The molecule has 3 nitrogen and oxygen atoms in total. The largest absolute Gasteiger partial charge is 0.508 e. The van der Waals surface area contributed by atoms with Crippen LogP contribution in [0.25, 0.3) is 0 Å². The molecule has 1 N–H and O–H groups in total. The lowest BCUT2D eigenvalue weighted by atomic mass is 10.1. The van der Waals surface area contributed by atoms with Gasteiger partial charge in [0.15, 0.2) is 0 Å². The van der Waals surface area contributed by atoms with Crippen molar-refractivity contribution in [1.29, 1.82) is 0 Å². The molecule has 1 atom stereocenters.